The zero-order valence-electron chi connectivity index (χ0n) is 10.9. The molecule has 17 heavy (non-hydrogen) atoms. The lowest BCUT2D eigenvalue weighted by Gasteiger charge is -2.27. The molecule has 0 aliphatic heterocycles. The van der Waals surface area contributed by atoms with Crippen LogP contribution < -0.4 is 0 Å². The molecule has 0 bridgehead atoms. The van der Waals surface area contributed by atoms with Crippen molar-refractivity contribution < 1.29 is 0 Å². The van der Waals surface area contributed by atoms with E-state index in [4.69, 9.17) is 0 Å². The first-order chi connectivity index (χ1) is 8.22. The maximum atomic E-state index is 9.50. The summed E-state index contributed by atoms with van der Waals surface area (Å²) in [6.45, 7) is 4.24. The van der Waals surface area contributed by atoms with Crippen molar-refractivity contribution in [2.75, 3.05) is 0 Å². The number of nitriles is 1. The third kappa shape index (κ3) is 2.69. The summed E-state index contributed by atoms with van der Waals surface area (Å²) in [5, 5.41) is 9.50. The number of rotatable bonds is 2. The Balaban J connectivity index is 2.28. The Morgan fingerprint density at radius 3 is 2.53 bits per heavy atom. The molecule has 1 atom stereocenters. The van der Waals surface area contributed by atoms with E-state index in [2.05, 4.69) is 38.1 Å². The fourth-order valence-corrected chi connectivity index (χ4v) is 2.99. The van der Waals surface area contributed by atoms with Gasteiger partial charge in [0.05, 0.1) is 12.0 Å². The molecule has 1 aliphatic rings. The second-order valence-electron chi connectivity index (χ2n) is 5.36. The Hall–Kier alpha value is -1.29. The van der Waals surface area contributed by atoms with Gasteiger partial charge in [0, 0.05) is 0 Å². The smallest absolute Gasteiger partial charge is 0.0743 e. The Morgan fingerprint density at radius 1 is 1.18 bits per heavy atom. The summed E-state index contributed by atoms with van der Waals surface area (Å²) in [4.78, 5) is 0. The fraction of sp³-hybridized carbons (Fsp3) is 0.562. The number of benzene rings is 1. The van der Waals surface area contributed by atoms with Gasteiger partial charge in [0.15, 0.2) is 0 Å². The number of nitrogens with zero attached hydrogens (tertiary/aromatic N) is 1. The average Bonchev–Trinajstić information content (AvgIpc) is 2.36. The first-order valence-electron chi connectivity index (χ1n) is 6.69. The van der Waals surface area contributed by atoms with Gasteiger partial charge in [-0.3, -0.25) is 0 Å². The average molecular weight is 227 g/mol. The molecule has 0 radical (unpaired) electrons. The summed E-state index contributed by atoms with van der Waals surface area (Å²) < 4.78 is 0. The van der Waals surface area contributed by atoms with Crippen LogP contribution in [-0.2, 0) is 0 Å². The van der Waals surface area contributed by atoms with Gasteiger partial charge in [0.1, 0.15) is 0 Å². The molecule has 1 fully saturated rings. The Labute approximate surface area is 104 Å². The zero-order valence-corrected chi connectivity index (χ0v) is 10.9. The van der Waals surface area contributed by atoms with Gasteiger partial charge in [0.25, 0.3) is 0 Å². The molecular formula is C16H21N. The number of hydrogen-bond acceptors (Lipinski definition) is 1. The Morgan fingerprint density at radius 2 is 1.88 bits per heavy atom. The first kappa shape index (κ1) is 12.2. The molecule has 0 heterocycles. The third-order valence-electron chi connectivity index (χ3n) is 4.03. The monoisotopic (exact) mass is 227 g/mol. The number of hydrogen-bond donors (Lipinski definition) is 0. The molecule has 0 aromatic heterocycles. The van der Waals surface area contributed by atoms with E-state index in [0.717, 1.165) is 0 Å². The van der Waals surface area contributed by atoms with Gasteiger partial charge in [-0.25, -0.2) is 0 Å². The molecule has 0 spiro atoms. The van der Waals surface area contributed by atoms with Gasteiger partial charge in [0.2, 0.25) is 0 Å². The van der Waals surface area contributed by atoms with Crippen LogP contribution in [0.5, 0.6) is 0 Å². The van der Waals surface area contributed by atoms with E-state index in [1.807, 2.05) is 0 Å². The van der Waals surface area contributed by atoms with Gasteiger partial charge in [-0.15, -0.1) is 0 Å². The normalized spacial score (nSPS) is 18.6. The van der Waals surface area contributed by atoms with Crippen LogP contribution in [0.3, 0.4) is 0 Å². The molecule has 1 heteroatoms. The van der Waals surface area contributed by atoms with Crippen molar-refractivity contribution >= 4 is 0 Å². The standard InChI is InChI=1S/C16H21N/c1-12-8-9-13(2)15(10-12)16(11-17)14-6-4-3-5-7-14/h8-10,14,16H,3-7H2,1-2H3. The highest BCUT2D eigenvalue weighted by atomic mass is 14.3. The molecule has 1 nitrogen and oxygen atoms in total. The molecule has 1 saturated carbocycles. The van der Waals surface area contributed by atoms with Crippen LogP contribution in [0.15, 0.2) is 18.2 Å². The molecule has 1 aliphatic carbocycles. The molecular weight excluding hydrogens is 206 g/mol. The maximum absolute atomic E-state index is 9.50. The van der Waals surface area contributed by atoms with E-state index in [1.54, 1.807) is 0 Å². The second kappa shape index (κ2) is 5.36. The summed E-state index contributed by atoms with van der Waals surface area (Å²) in [6, 6.07) is 9.05. The summed E-state index contributed by atoms with van der Waals surface area (Å²) >= 11 is 0. The van der Waals surface area contributed by atoms with Crippen molar-refractivity contribution in [1.82, 2.24) is 0 Å². The molecule has 1 unspecified atom stereocenters. The molecule has 90 valence electrons. The van der Waals surface area contributed by atoms with E-state index in [9.17, 15) is 5.26 Å². The summed E-state index contributed by atoms with van der Waals surface area (Å²) in [5.74, 6) is 0.685. The van der Waals surface area contributed by atoms with Crippen molar-refractivity contribution in [3.05, 3.63) is 34.9 Å². The Bertz CT molecular complexity index is 422. The van der Waals surface area contributed by atoms with Crippen molar-refractivity contribution in [3.63, 3.8) is 0 Å². The minimum Gasteiger partial charge on any atom is -0.198 e. The zero-order chi connectivity index (χ0) is 12.3. The van der Waals surface area contributed by atoms with Crippen molar-refractivity contribution in [3.8, 4) is 6.07 Å². The molecule has 1 aromatic carbocycles. The largest absolute Gasteiger partial charge is 0.198 e. The van der Waals surface area contributed by atoms with Crippen LogP contribution in [0.25, 0.3) is 0 Å². The first-order valence-corrected chi connectivity index (χ1v) is 6.69. The highest BCUT2D eigenvalue weighted by molar-refractivity contribution is 5.36. The predicted molar refractivity (Wildman–Crippen MR) is 70.8 cm³/mol. The van der Waals surface area contributed by atoms with Crippen molar-refractivity contribution in [1.29, 1.82) is 5.26 Å². The van der Waals surface area contributed by atoms with E-state index in [-0.39, 0.29) is 5.92 Å². The lowest BCUT2D eigenvalue weighted by atomic mass is 9.76. The van der Waals surface area contributed by atoms with Crippen LogP contribution in [-0.4, -0.2) is 0 Å². The van der Waals surface area contributed by atoms with Gasteiger partial charge < -0.3 is 0 Å². The highest BCUT2D eigenvalue weighted by Gasteiger charge is 2.25. The van der Waals surface area contributed by atoms with Gasteiger partial charge in [-0.05, 0) is 43.7 Å². The van der Waals surface area contributed by atoms with Crippen molar-refractivity contribution in [2.24, 2.45) is 5.92 Å². The molecule has 2 rings (SSSR count). The van der Waals surface area contributed by atoms with Gasteiger partial charge in [-0.2, -0.15) is 5.26 Å². The van der Waals surface area contributed by atoms with E-state index < -0.39 is 0 Å². The van der Waals surface area contributed by atoms with Crippen LogP contribution in [0.2, 0.25) is 0 Å². The van der Waals surface area contributed by atoms with Gasteiger partial charge in [-0.1, -0.05) is 43.0 Å². The summed E-state index contributed by atoms with van der Waals surface area (Å²) in [6.07, 6.45) is 6.40. The summed E-state index contributed by atoms with van der Waals surface area (Å²) in [5.41, 5.74) is 3.80. The van der Waals surface area contributed by atoms with Crippen LogP contribution >= 0.6 is 0 Å². The van der Waals surface area contributed by atoms with Crippen LogP contribution in [0.1, 0.15) is 54.7 Å². The highest BCUT2D eigenvalue weighted by Crippen LogP contribution is 2.37. The second-order valence-corrected chi connectivity index (χ2v) is 5.36. The van der Waals surface area contributed by atoms with Crippen LogP contribution in [0, 0.1) is 31.1 Å². The lowest BCUT2D eigenvalue weighted by Crippen LogP contribution is -2.16. The van der Waals surface area contributed by atoms with E-state index >= 15 is 0 Å². The van der Waals surface area contributed by atoms with Crippen LogP contribution in [0.4, 0.5) is 0 Å². The minimum absolute atomic E-state index is 0.107. The van der Waals surface area contributed by atoms with E-state index in [1.165, 1.54) is 48.8 Å². The molecule has 1 aromatic rings. The molecule has 0 saturated heterocycles. The minimum atomic E-state index is 0.107. The topological polar surface area (TPSA) is 23.8 Å². The lowest BCUT2D eigenvalue weighted by molar-refractivity contribution is 0.335. The molecule has 0 amide bonds. The quantitative estimate of drug-likeness (QED) is 0.730. The third-order valence-corrected chi connectivity index (χ3v) is 4.03. The maximum Gasteiger partial charge on any atom is 0.0743 e. The van der Waals surface area contributed by atoms with E-state index in [0.29, 0.717) is 5.92 Å². The fourth-order valence-electron chi connectivity index (χ4n) is 2.99. The summed E-state index contributed by atoms with van der Waals surface area (Å²) in [7, 11) is 0. The SMILES string of the molecule is Cc1ccc(C)c(C(C#N)C2CCCCC2)c1. The predicted octanol–water partition coefficient (Wildman–Crippen LogP) is 4.49. The number of aryl methyl sites for hydroxylation is 2. The molecule has 0 N–H and O–H groups in total. The van der Waals surface area contributed by atoms with Gasteiger partial charge >= 0.3 is 0 Å². The van der Waals surface area contributed by atoms with Crippen molar-refractivity contribution in [2.45, 2.75) is 51.9 Å². The Kier molecular flexibility index (Phi) is 3.84.